The number of carbonyl (C=O) groups excluding carboxylic acids is 1. The molecule has 0 bridgehead atoms. The number of rotatable bonds is 7. The zero-order valence-corrected chi connectivity index (χ0v) is 14.0. The molecule has 1 aromatic rings. The van der Waals surface area contributed by atoms with E-state index < -0.39 is 0 Å². The maximum Gasteiger partial charge on any atom is 0.236 e. The Morgan fingerprint density at radius 3 is 3.00 bits per heavy atom. The molecule has 2 heterocycles. The van der Waals surface area contributed by atoms with Crippen molar-refractivity contribution < 1.29 is 4.79 Å². The zero-order chi connectivity index (χ0) is 15.1. The third-order valence-electron chi connectivity index (χ3n) is 4.06. The summed E-state index contributed by atoms with van der Waals surface area (Å²) in [5, 5.41) is 7.62. The van der Waals surface area contributed by atoms with Crippen molar-refractivity contribution in [3.63, 3.8) is 0 Å². The molecule has 1 aliphatic rings. The van der Waals surface area contributed by atoms with E-state index >= 15 is 0 Å². The van der Waals surface area contributed by atoms with Crippen molar-refractivity contribution in [3.05, 3.63) is 22.4 Å². The molecule has 0 aromatic carbocycles. The Labute approximate surface area is 132 Å². The maximum absolute atomic E-state index is 12.5. The summed E-state index contributed by atoms with van der Waals surface area (Å²) in [7, 11) is 1.91. The Kier molecular flexibility index (Phi) is 6.67. The van der Waals surface area contributed by atoms with Crippen LogP contribution in [0, 0.1) is 0 Å². The Balaban J connectivity index is 1.87. The van der Waals surface area contributed by atoms with Crippen molar-refractivity contribution in [2.75, 3.05) is 33.2 Å². The van der Waals surface area contributed by atoms with E-state index in [1.807, 2.05) is 11.9 Å². The van der Waals surface area contributed by atoms with Gasteiger partial charge in [0.2, 0.25) is 5.91 Å². The fourth-order valence-corrected chi connectivity index (χ4v) is 3.52. The molecule has 0 saturated carbocycles. The van der Waals surface area contributed by atoms with Crippen molar-refractivity contribution in [2.24, 2.45) is 0 Å². The number of nitrogens with zero attached hydrogens (tertiary/aromatic N) is 2. The standard InChI is InChI=1S/C16H27N3OS/c1-3-8-19(15-5-4-7-17-10-15)12-16(20)18(2)11-14-6-9-21-13-14/h6,9,13,15,17H,3-5,7-8,10-12H2,1-2H3. The van der Waals surface area contributed by atoms with E-state index in [2.05, 4.69) is 34.0 Å². The van der Waals surface area contributed by atoms with Gasteiger partial charge in [0.05, 0.1) is 6.54 Å². The number of amides is 1. The Morgan fingerprint density at radius 2 is 2.38 bits per heavy atom. The van der Waals surface area contributed by atoms with E-state index in [9.17, 15) is 4.79 Å². The SMILES string of the molecule is CCCN(CC(=O)N(C)Cc1ccsc1)C1CCCNC1. The van der Waals surface area contributed by atoms with E-state index in [4.69, 9.17) is 0 Å². The monoisotopic (exact) mass is 309 g/mol. The van der Waals surface area contributed by atoms with Gasteiger partial charge in [0.1, 0.15) is 0 Å². The van der Waals surface area contributed by atoms with Crippen LogP contribution in [0.2, 0.25) is 0 Å². The number of hydrogen-bond donors (Lipinski definition) is 1. The molecule has 5 heteroatoms. The summed E-state index contributed by atoms with van der Waals surface area (Å²) < 4.78 is 0. The summed E-state index contributed by atoms with van der Waals surface area (Å²) in [5.41, 5.74) is 1.22. The largest absolute Gasteiger partial charge is 0.340 e. The minimum Gasteiger partial charge on any atom is -0.340 e. The van der Waals surface area contributed by atoms with Gasteiger partial charge in [0, 0.05) is 26.2 Å². The molecule has 1 saturated heterocycles. The molecular formula is C16H27N3OS. The topological polar surface area (TPSA) is 35.6 Å². The predicted octanol–water partition coefficient (Wildman–Crippen LogP) is 2.17. The van der Waals surface area contributed by atoms with Crippen LogP contribution in [0.3, 0.4) is 0 Å². The molecule has 1 aromatic heterocycles. The molecule has 1 amide bonds. The summed E-state index contributed by atoms with van der Waals surface area (Å²) in [6, 6.07) is 2.60. The van der Waals surface area contributed by atoms with E-state index in [1.165, 1.54) is 18.4 Å². The van der Waals surface area contributed by atoms with Crippen LogP contribution in [-0.4, -0.2) is 55.0 Å². The van der Waals surface area contributed by atoms with Crippen molar-refractivity contribution >= 4 is 17.2 Å². The number of likely N-dealkylation sites (N-methyl/N-ethyl adjacent to an activating group) is 1. The summed E-state index contributed by atoms with van der Waals surface area (Å²) >= 11 is 1.68. The first-order valence-electron chi connectivity index (χ1n) is 7.90. The molecule has 4 nitrogen and oxygen atoms in total. The molecule has 118 valence electrons. The number of carbonyl (C=O) groups is 1. The molecule has 1 aliphatic heterocycles. The van der Waals surface area contributed by atoms with Crippen LogP contribution in [0.5, 0.6) is 0 Å². The molecule has 1 N–H and O–H groups in total. The highest BCUT2D eigenvalue weighted by Crippen LogP contribution is 2.13. The minimum absolute atomic E-state index is 0.222. The van der Waals surface area contributed by atoms with Gasteiger partial charge < -0.3 is 10.2 Å². The van der Waals surface area contributed by atoms with Gasteiger partial charge in [-0.15, -0.1) is 0 Å². The van der Waals surface area contributed by atoms with Crippen LogP contribution < -0.4 is 5.32 Å². The fraction of sp³-hybridized carbons (Fsp3) is 0.688. The minimum atomic E-state index is 0.222. The number of thiophene rings is 1. The van der Waals surface area contributed by atoms with Crippen molar-refractivity contribution in [2.45, 2.75) is 38.8 Å². The third-order valence-corrected chi connectivity index (χ3v) is 4.79. The van der Waals surface area contributed by atoms with Crippen molar-refractivity contribution in [1.82, 2.24) is 15.1 Å². The van der Waals surface area contributed by atoms with Crippen LogP contribution in [0.25, 0.3) is 0 Å². The first kappa shape index (κ1) is 16.5. The van der Waals surface area contributed by atoms with Gasteiger partial charge in [-0.25, -0.2) is 0 Å². The van der Waals surface area contributed by atoms with Crippen LogP contribution in [0.1, 0.15) is 31.7 Å². The molecule has 1 atom stereocenters. The van der Waals surface area contributed by atoms with E-state index in [0.29, 0.717) is 19.1 Å². The Bertz CT molecular complexity index is 415. The van der Waals surface area contributed by atoms with Gasteiger partial charge in [-0.05, 0) is 54.7 Å². The second-order valence-corrected chi connectivity index (χ2v) is 6.63. The molecule has 21 heavy (non-hydrogen) atoms. The lowest BCUT2D eigenvalue weighted by atomic mass is 10.1. The van der Waals surface area contributed by atoms with Gasteiger partial charge in [-0.1, -0.05) is 6.92 Å². The predicted molar refractivity (Wildman–Crippen MR) is 88.5 cm³/mol. The zero-order valence-electron chi connectivity index (χ0n) is 13.2. The van der Waals surface area contributed by atoms with Gasteiger partial charge in [-0.2, -0.15) is 11.3 Å². The van der Waals surface area contributed by atoms with Crippen LogP contribution >= 0.6 is 11.3 Å². The van der Waals surface area contributed by atoms with Crippen LogP contribution in [-0.2, 0) is 11.3 Å². The highest BCUT2D eigenvalue weighted by Gasteiger charge is 2.23. The van der Waals surface area contributed by atoms with Gasteiger partial charge in [-0.3, -0.25) is 9.69 Å². The number of piperidine rings is 1. The molecule has 0 aliphatic carbocycles. The first-order valence-corrected chi connectivity index (χ1v) is 8.84. The van der Waals surface area contributed by atoms with E-state index in [1.54, 1.807) is 11.3 Å². The summed E-state index contributed by atoms with van der Waals surface area (Å²) in [4.78, 5) is 16.7. The molecule has 1 unspecified atom stereocenters. The average Bonchev–Trinajstić information content (AvgIpc) is 3.00. The number of nitrogens with one attached hydrogen (secondary N) is 1. The lowest BCUT2D eigenvalue weighted by molar-refractivity contribution is -0.132. The molecule has 0 radical (unpaired) electrons. The molecule has 1 fully saturated rings. The Hall–Kier alpha value is -0.910. The quantitative estimate of drug-likeness (QED) is 0.838. The van der Waals surface area contributed by atoms with Gasteiger partial charge in [0.15, 0.2) is 0 Å². The Morgan fingerprint density at radius 1 is 1.52 bits per heavy atom. The lowest BCUT2D eigenvalue weighted by Gasteiger charge is -2.35. The van der Waals surface area contributed by atoms with Gasteiger partial charge >= 0.3 is 0 Å². The molecule has 0 spiro atoms. The van der Waals surface area contributed by atoms with Crippen molar-refractivity contribution in [1.29, 1.82) is 0 Å². The summed E-state index contributed by atoms with van der Waals surface area (Å²) in [5.74, 6) is 0.222. The lowest BCUT2D eigenvalue weighted by Crippen LogP contribution is -2.49. The normalized spacial score (nSPS) is 18.9. The maximum atomic E-state index is 12.5. The first-order chi connectivity index (χ1) is 10.2. The van der Waals surface area contributed by atoms with E-state index in [-0.39, 0.29) is 5.91 Å². The fourth-order valence-electron chi connectivity index (χ4n) is 2.86. The molecular weight excluding hydrogens is 282 g/mol. The second-order valence-electron chi connectivity index (χ2n) is 5.85. The summed E-state index contributed by atoms with van der Waals surface area (Å²) in [6.07, 6.45) is 3.51. The van der Waals surface area contributed by atoms with E-state index in [0.717, 1.165) is 26.1 Å². The highest BCUT2D eigenvalue weighted by atomic mass is 32.1. The van der Waals surface area contributed by atoms with Crippen LogP contribution in [0.4, 0.5) is 0 Å². The molecule has 2 rings (SSSR count). The number of hydrogen-bond acceptors (Lipinski definition) is 4. The summed E-state index contributed by atoms with van der Waals surface area (Å²) in [6.45, 7) is 6.57. The van der Waals surface area contributed by atoms with Crippen molar-refractivity contribution in [3.8, 4) is 0 Å². The smallest absolute Gasteiger partial charge is 0.236 e. The highest BCUT2D eigenvalue weighted by molar-refractivity contribution is 7.07. The second kappa shape index (κ2) is 8.51. The van der Waals surface area contributed by atoms with Gasteiger partial charge in [0.25, 0.3) is 0 Å². The van der Waals surface area contributed by atoms with Crippen LogP contribution in [0.15, 0.2) is 16.8 Å². The average molecular weight is 309 g/mol. The third kappa shape index (κ3) is 5.09.